The zero-order chi connectivity index (χ0) is 12.4. The summed E-state index contributed by atoms with van der Waals surface area (Å²) in [5.41, 5.74) is 0.592. The van der Waals surface area contributed by atoms with Crippen molar-refractivity contribution < 1.29 is 9.53 Å². The molecule has 7 heteroatoms. The second kappa shape index (κ2) is 4.61. The number of carbonyl (C=O) groups is 1. The Balaban J connectivity index is 1.77. The molecule has 1 saturated heterocycles. The summed E-state index contributed by atoms with van der Waals surface area (Å²) in [6, 6.07) is 3.52. The van der Waals surface area contributed by atoms with Gasteiger partial charge in [-0.1, -0.05) is 0 Å². The van der Waals surface area contributed by atoms with Gasteiger partial charge in [-0.25, -0.2) is 9.78 Å². The van der Waals surface area contributed by atoms with Crippen LogP contribution in [0.5, 0.6) is 0 Å². The largest absolute Gasteiger partial charge is 0.378 e. The number of hydrogen-bond donors (Lipinski definition) is 2. The number of fused-ring (bicyclic) bond motifs is 1. The lowest BCUT2D eigenvalue weighted by Gasteiger charge is -2.26. The first kappa shape index (κ1) is 11.0. The highest BCUT2D eigenvalue weighted by molar-refractivity contribution is 5.97. The van der Waals surface area contributed by atoms with E-state index in [4.69, 9.17) is 4.74 Å². The minimum atomic E-state index is -0.146. The number of carbonyl (C=O) groups excluding carboxylic acids is 1. The van der Waals surface area contributed by atoms with Gasteiger partial charge in [0, 0.05) is 19.3 Å². The lowest BCUT2D eigenvalue weighted by Crippen LogP contribution is -2.43. The van der Waals surface area contributed by atoms with Crippen molar-refractivity contribution in [1.29, 1.82) is 0 Å². The molecule has 0 aliphatic carbocycles. The second-order valence-electron chi connectivity index (χ2n) is 4.00. The number of nitrogens with zero attached hydrogens (tertiary/aromatic N) is 3. The van der Waals surface area contributed by atoms with E-state index in [1.807, 2.05) is 12.1 Å². The van der Waals surface area contributed by atoms with Crippen LogP contribution in [0.1, 0.15) is 0 Å². The number of urea groups is 1. The van der Waals surface area contributed by atoms with Gasteiger partial charge in [-0.3, -0.25) is 10.4 Å². The molecule has 2 N–H and O–H groups in total. The number of morpholine rings is 1. The van der Waals surface area contributed by atoms with Gasteiger partial charge < -0.3 is 9.64 Å². The van der Waals surface area contributed by atoms with Crippen LogP contribution in [-0.4, -0.2) is 52.4 Å². The summed E-state index contributed by atoms with van der Waals surface area (Å²) in [4.78, 5) is 17.8. The van der Waals surface area contributed by atoms with Crippen LogP contribution in [0.15, 0.2) is 18.3 Å². The molecular weight excluding hydrogens is 234 g/mol. The molecule has 0 atom stereocenters. The van der Waals surface area contributed by atoms with Crippen molar-refractivity contribution in [1.82, 2.24) is 20.1 Å². The van der Waals surface area contributed by atoms with Crippen molar-refractivity contribution in [3.05, 3.63) is 18.3 Å². The number of aromatic nitrogens is 3. The average Bonchev–Trinajstić information content (AvgIpc) is 2.83. The number of aromatic amines is 1. The molecule has 0 radical (unpaired) electrons. The van der Waals surface area contributed by atoms with E-state index in [1.165, 1.54) is 0 Å². The third-order valence-electron chi connectivity index (χ3n) is 2.86. The van der Waals surface area contributed by atoms with Gasteiger partial charge in [-0.05, 0) is 12.1 Å². The summed E-state index contributed by atoms with van der Waals surface area (Å²) >= 11 is 0. The Morgan fingerprint density at radius 1 is 1.44 bits per heavy atom. The normalized spacial score (nSPS) is 15.9. The van der Waals surface area contributed by atoms with Gasteiger partial charge in [0.25, 0.3) is 0 Å². The highest BCUT2D eigenvalue weighted by atomic mass is 16.5. The topological polar surface area (TPSA) is 83.1 Å². The Bertz CT molecular complexity index is 561. The van der Waals surface area contributed by atoms with Gasteiger partial charge in [0.05, 0.1) is 18.6 Å². The van der Waals surface area contributed by atoms with E-state index in [2.05, 4.69) is 20.5 Å². The van der Waals surface area contributed by atoms with Gasteiger partial charge in [-0.15, -0.1) is 0 Å². The predicted octanol–water partition coefficient (Wildman–Crippen LogP) is 0.822. The molecule has 2 amide bonds. The fourth-order valence-corrected chi connectivity index (χ4v) is 1.90. The Labute approximate surface area is 103 Å². The molecule has 7 nitrogen and oxygen atoms in total. The summed E-state index contributed by atoms with van der Waals surface area (Å²) in [6.07, 6.45) is 1.66. The molecule has 0 unspecified atom stereocenters. The summed E-state index contributed by atoms with van der Waals surface area (Å²) in [5.74, 6) is 0.578. The molecule has 1 aliphatic rings. The van der Waals surface area contributed by atoms with E-state index in [0.29, 0.717) is 37.8 Å². The van der Waals surface area contributed by atoms with Crippen LogP contribution < -0.4 is 5.32 Å². The Morgan fingerprint density at radius 2 is 2.28 bits per heavy atom. The van der Waals surface area contributed by atoms with Crippen molar-refractivity contribution >= 4 is 22.9 Å². The van der Waals surface area contributed by atoms with E-state index in [9.17, 15) is 4.79 Å². The summed E-state index contributed by atoms with van der Waals surface area (Å²) < 4.78 is 5.20. The molecule has 1 fully saturated rings. The molecule has 0 spiro atoms. The minimum Gasteiger partial charge on any atom is -0.378 e. The number of hydrogen-bond acceptors (Lipinski definition) is 4. The number of amides is 2. The SMILES string of the molecule is O=C(Nc1[nH]nc2ncccc12)N1CCOCC1. The van der Waals surface area contributed by atoms with Crippen molar-refractivity contribution in [2.45, 2.75) is 0 Å². The van der Waals surface area contributed by atoms with Crippen LogP contribution in [-0.2, 0) is 4.74 Å². The standard InChI is InChI=1S/C11H13N5O2/c17-11(16-4-6-18-7-5-16)13-10-8-2-1-3-12-9(8)14-15-10/h1-3H,4-7H2,(H2,12,13,14,15,17). The molecule has 0 aromatic carbocycles. The maximum Gasteiger partial charge on any atom is 0.323 e. The molecule has 1 aliphatic heterocycles. The number of rotatable bonds is 1. The van der Waals surface area contributed by atoms with E-state index < -0.39 is 0 Å². The lowest BCUT2D eigenvalue weighted by molar-refractivity contribution is 0.0564. The Morgan fingerprint density at radius 3 is 3.11 bits per heavy atom. The minimum absolute atomic E-state index is 0.146. The monoisotopic (exact) mass is 247 g/mol. The van der Waals surface area contributed by atoms with Crippen molar-refractivity contribution in [2.24, 2.45) is 0 Å². The maximum atomic E-state index is 12.0. The van der Waals surface area contributed by atoms with E-state index in [-0.39, 0.29) is 6.03 Å². The molecule has 3 rings (SSSR count). The van der Waals surface area contributed by atoms with Crippen LogP contribution in [0.25, 0.3) is 11.0 Å². The van der Waals surface area contributed by atoms with Crippen molar-refractivity contribution in [3.63, 3.8) is 0 Å². The number of nitrogens with one attached hydrogen (secondary N) is 2. The number of ether oxygens (including phenoxy) is 1. The smallest absolute Gasteiger partial charge is 0.323 e. The van der Waals surface area contributed by atoms with Crippen molar-refractivity contribution in [2.75, 3.05) is 31.6 Å². The molecule has 2 aromatic rings. The predicted molar refractivity (Wildman–Crippen MR) is 65.3 cm³/mol. The summed E-state index contributed by atoms with van der Waals surface area (Å²) in [5, 5.41) is 10.4. The third kappa shape index (κ3) is 2.00. The van der Waals surface area contributed by atoms with Gasteiger partial charge in [0.2, 0.25) is 0 Å². The molecular formula is C11H13N5O2. The van der Waals surface area contributed by atoms with Gasteiger partial charge in [0.15, 0.2) is 5.65 Å². The Kier molecular flexibility index (Phi) is 2.81. The summed E-state index contributed by atoms with van der Waals surface area (Å²) in [6.45, 7) is 2.38. The molecule has 0 saturated carbocycles. The van der Waals surface area contributed by atoms with E-state index >= 15 is 0 Å². The van der Waals surface area contributed by atoms with Crippen LogP contribution >= 0.6 is 0 Å². The zero-order valence-corrected chi connectivity index (χ0v) is 9.72. The summed E-state index contributed by atoms with van der Waals surface area (Å²) in [7, 11) is 0. The first-order valence-corrected chi connectivity index (χ1v) is 5.77. The zero-order valence-electron chi connectivity index (χ0n) is 9.72. The molecule has 2 aromatic heterocycles. The fraction of sp³-hybridized carbons (Fsp3) is 0.364. The second-order valence-corrected chi connectivity index (χ2v) is 4.00. The first-order chi connectivity index (χ1) is 8.84. The molecule has 18 heavy (non-hydrogen) atoms. The highest BCUT2D eigenvalue weighted by Crippen LogP contribution is 2.18. The lowest BCUT2D eigenvalue weighted by atomic mass is 10.3. The first-order valence-electron chi connectivity index (χ1n) is 5.77. The molecule has 94 valence electrons. The third-order valence-corrected chi connectivity index (χ3v) is 2.86. The van der Waals surface area contributed by atoms with Crippen LogP contribution in [0.2, 0.25) is 0 Å². The average molecular weight is 247 g/mol. The quantitative estimate of drug-likeness (QED) is 0.781. The van der Waals surface area contributed by atoms with Gasteiger partial charge in [-0.2, -0.15) is 5.10 Å². The Hall–Kier alpha value is -2.15. The number of pyridine rings is 1. The van der Waals surface area contributed by atoms with Gasteiger partial charge >= 0.3 is 6.03 Å². The van der Waals surface area contributed by atoms with Crippen LogP contribution in [0.4, 0.5) is 10.6 Å². The van der Waals surface area contributed by atoms with Gasteiger partial charge in [0.1, 0.15) is 5.82 Å². The highest BCUT2D eigenvalue weighted by Gasteiger charge is 2.18. The number of H-pyrrole nitrogens is 1. The maximum absolute atomic E-state index is 12.0. The van der Waals surface area contributed by atoms with Crippen LogP contribution in [0, 0.1) is 0 Å². The molecule has 3 heterocycles. The van der Waals surface area contributed by atoms with E-state index in [0.717, 1.165) is 5.39 Å². The van der Waals surface area contributed by atoms with Crippen LogP contribution in [0.3, 0.4) is 0 Å². The molecule has 0 bridgehead atoms. The number of anilines is 1. The fourth-order valence-electron chi connectivity index (χ4n) is 1.90. The van der Waals surface area contributed by atoms with Crippen molar-refractivity contribution in [3.8, 4) is 0 Å². The van der Waals surface area contributed by atoms with E-state index in [1.54, 1.807) is 11.1 Å².